The summed E-state index contributed by atoms with van der Waals surface area (Å²) in [6.45, 7) is 3.20. The molecule has 0 bridgehead atoms. The van der Waals surface area contributed by atoms with E-state index in [1.807, 2.05) is 0 Å². The predicted octanol–water partition coefficient (Wildman–Crippen LogP) is 4.31. The van der Waals surface area contributed by atoms with Gasteiger partial charge in [0.2, 0.25) is 0 Å². The van der Waals surface area contributed by atoms with E-state index in [-0.39, 0.29) is 0 Å². The first-order valence-electron chi connectivity index (χ1n) is 8.96. The van der Waals surface area contributed by atoms with Crippen LogP contribution in [0.25, 0.3) is 0 Å². The van der Waals surface area contributed by atoms with E-state index < -0.39 is 0 Å². The van der Waals surface area contributed by atoms with Gasteiger partial charge in [-0.2, -0.15) is 0 Å². The minimum absolute atomic E-state index is 0.360. The van der Waals surface area contributed by atoms with Gasteiger partial charge in [0, 0.05) is 12.6 Å². The molecule has 0 amide bonds. The van der Waals surface area contributed by atoms with Gasteiger partial charge in [-0.25, -0.2) is 0 Å². The van der Waals surface area contributed by atoms with Crippen molar-refractivity contribution in [2.75, 3.05) is 6.61 Å². The quantitative estimate of drug-likeness (QED) is 0.301. The van der Waals surface area contributed by atoms with Crippen LogP contribution in [0.1, 0.15) is 90.4 Å². The second-order valence-electron chi connectivity index (χ2n) is 6.30. The van der Waals surface area contributed by atoms with Crippen LogP contribution in [0.5, 0.6) is 0 Å². The van der Waals surface area contributed by atoms with E-state index in [4.69, 9.17) is 10.6 Å². The third kappa shape index (κ3) is 8.23. The molecule has 0 aromatic carbocycles. The lowest BCUT2D eigenvalue weighted by Gasteiger charge is -2.21. The third-order valence-corrected chi connectivity index (χ3v) is 4.50. The van der Waals surface area contributed by atoms with Gasteiger partial charge >= 0.3 is 0 Å². The van der Waals surface area contributed by atoms with E-state index in [1.54, 1.807) is 0 Å². The Balaban J connectivity index is 1.85. The van der Waals surface area contributed by atoms with E-state index in [0.717, 1.165) is 13.0 Å². The zero-order valence-corrected chi connectivity index (χ0v) is 13.5. The first-order chi connectivity index (χ1) is 9.88. The molecule has 3 N–H and O–H groups in total. The molecule has 0 aromatic heterocycles. The number of ether oxygens (including phenoxy) is 1. The molecule has 1 rings (SSSR count). The highest BCUT2D eigenvalue weighted by Gasteiger charge is 2.24. The Bertz CT molecular complexity index is 205. The minimum atomic E-state index is 0.360. The topological polar surface area (TPSA) is 47.3 Å². The summed E-state index contributed by atoms with van der Waals surface area (Å²) in [5.74, 6) is 5.64. The van der Waals surface area contributed by atoms with Crippen LogP contribution in [-0.2, 0) is 4.74 Å². The Labute approximate surface area is 126 Å². The molecule has 0 saturated carbocycles. The number of nitrogens with two attached hydrogens (primary N) is 1. The molecule has 1 fully saturated rings. The van der Waals surface area contributed by atoms with E-state index in [9.17, 15) is 0 Å². The largest absolute Gasteiger partial charge is 0.377 e. The fourth-order valence-corrected chi connectivity index (χ4v) is 3.15. The molecule has 0 radical (unpaired) electrons. The number of hydrazine groups is 1. The maximum atomic E-state index is 5.71. The monoisotopic (exact) mass is 284 g/mol. The lowest BCUT2D eigenvalue weighted by molar-refractivity contribution is 0.0747. The lowest BCUT2D eigenvalue weighted by Crippen LogP contribution is -2.43. The summed E-state index contributed by atoms with van der Waals surface area (Å²) in [4.78, 5) is 0. The van der Waals surface area contributed by atoms with Crippen molar-refractivity contribution in [1.82, 2.24) is 5.43 Å². The van der Waals surface area contributed by atoms with Gasteiger partial charge in [0.25, 0.3) is 0 Å². The first kappa shape index (κ1) is 17.9. The van der Waals surface area contributed by atoms with Gasteiger partial charge in [-0.15, -0.1) is 0 Å². The average molecular weight is 284 g/mol. The summed E-state index contributed by atoms with van der Waals surface area (Å²) in [6.07, 6.45) is 17.8. The SMILES string of the molecule is CCCCCCCCCCCCC(NN)C1CCCO1. The number of rotatable bonds is 13. The highest BCUT2D eigenvalue weighted by molar-refractivity contribution is 4.78. The highest BCUT2D eigenvalue weighted by Crippen LogP contribution is 2.19. The molecule has 3 heteroatoms. The Kier molecular flexibility index (Phi) is 11.3. The Morgan fingerprint density at radius 3 is 2.10 bits per heavy atom. The van der Waals surface area contributed by atoms with Crippen LogP contribution in [0.3, 0.4) is 0 Å². The molecule has 1 saturated heterocycles. The molecule has 0 aliphatic carbocycles. The molecule has 1 aliphatic rings. The zero-order chi connectivity index (χ0) is 14.5. The molecular weight excluding hydrogens is 248 g/mol. The van der Waals surface area contributed by atoms with E-state index in [1.165, 1.54) is 77.0 Å². The second kappa shape index (κ2) is 12.6. The number of hydrogen-bond acceptors (Lipinski definition) is 3. The maximum Gasteiger partial charge on any atom is 0.0742 e. The Hall–Kier alpha value is -0.120. The maximum absolute atomic E-state index is 5.71. The molecule has 2 atom stereocenters. The van der Waals surface area contributed by atoms with Gasteiger partial charge < -0.3 is 4.74 Å². The molecule has 1 aliphatic heterocycles. The number of unbranched alkanes of at least 4 members (excludes halogenated alkanes) is 9. The fraction of sp³-hybridized carbons (Fsp3) is 1.00. The second-order valence-corrected chi connectivity index (χ2v) is 6.30. The number of hydrogen-bond donors (Lipinski definition) is 2. The fourth-order valence-electron chi connectivity index (χ4n) is 3.15. The van der Waals surface area contributed by atoms with Crippen molar-refractivity contribution in [2.24, 2.45) is 5.84 Å². The highest BCUT2D eigenvalue weighted by atomic mass is 16.5. The number of nitrogens with one attached hydrogen (secondary N) is 1. The Morgan fingerprint density at radius 2 is 1.60 bits per heavy atom. The molecule has 0 aromatic rings. The summed E-state index contributed by atoms with van der Waals surface area (Å²) in [5.41, 5.74) is 2.95. The first-order valence-corrected chi connectivity index (χ1v) is 8.96. The average Bonchev–Trinajstić information content (AvgIpc) is 2.99. The Morgan fingerprint density at radius 1 is 1.00 bits per heavy atom. The van der Waals surface area contributed by atoms with Crippen molar-refractivity contribution < 1.29 is 4.74 Å². The molecule has 20 heavy (non-hydrogen) atoms. The molecule has 3 nitrogen and oxygen atoms in total. The molecule has 2 unspecified atom stereocenters. The van der Waals surface area contributed by atoms with Gasteiger partial charge in [0.05, 0.1) is 6.10 Å². The standard InChI is InChI=1S/C17H36N2O/c1-2-3-4-5-6-7-8-9-10-11-13-16(19-18)17-14-12-15-20-17/h16-17,19H,2-15,18H2,1H3. The molecule has 0 spiro atoms. The molecule has 120 valence electrons. The summed E-state index contributed by atoms with van der Waals surface area (Å²) >= 11 is 0. The van der Waals surface area contributed by atoms with Gasteiger partial charge in [-0.05, 0) is 19.3 Å². The van der Waals surface area contributed by atoms with Gasteiger partial charge in [0.15, 0.2) is 0 Å². The summed E-state index contributed by atoms with van der Waals surface area (Å²) in [5, 5.41) is 0. The summed E-state index contributed by atoms with van der Waals surface area (Å²) < 4.78 is 5.71. The van der Waals surface area contributed by atoms with Crippen LogP contribution in [-0.4, -0.2) is 18.8 Å². The zero-order valence-electron chi connectivity index (χ0n) is 13.5. The van der Waals surface area contributed by atoms with E-state index >= 15 is 0 Å². The third-order valence-electron chi connectivity index (χ3n) is 4.50. The van der Waals surface area contributed by atoms with E-state index in [2.05, 4.69) is 12.3 Å². The van der Waals surface area contributed by atoms with Crippen LogP contribution < -0.4 is 11.3 Å². The normalized spacial score (nSPS) is 20.4. The molecule has 1 heterocycles. The van der Waals surface area contributed by atoms with Crippen molar-refractivity contribution >= 4 is 0 Å². The summed E-state index contributed by atoms with van der Waals surface area (Å²) in [6, 6.07) is 0.367. The van der Waals surface area contributed by atoms with Crippen LogP contribution in [0, 0.1) is 0 Å². The van der Waals surface area contributed by atoms with Crippen molar-refractivity contribution in [3.05, 3.63) is 0 Å². The van der Waals surface area contributed by atoms with Crippen molar-refractivity contribution in [3.8, 4) is 0 Å². The smallest absolute Gasteiger partial charge is 0.0742 e. The van der Waals surface area contributed by atoms with E-state index in [0.29, 0.717) is 12.1 Å². The van der Waals surface area contributed by atoms with Crippen LogP contribution >= 0.6 is 0 Å². The van der Waals surface area contributed by atoms with Gasteiger partial charge in [0.1, 0.15) is 0 Å². The van der Waals surface area contributed by atoms with Crippen molar-refractivity contribution in [3.63, 3.8) is 0 Å². The van der Waals surface area contributed by atoms with Gasteiger partial charge in [-0.3, -0.25) is 11.3 Å². The van der Waals surface area contributed by atoms with Crippen LogP contribution in [0.4, 0.5) is 0 Å². The summed E-state index contributed by atoms with van der Waals surface area (Å²) in [7, 11) is 0. The minimum Gasteiger partial charge on any atom is -0.377 e. The van der Waals surface area contributed by atoms with Crippen LogP contribution in [0.15, 0.2) is 0 Å². The van der Waals surface area contributed by atoms with Crippen molar-refractivity contribution in [1.29, 1.82) is 0 Å². The molecular formula is C17H36N2O. The lowest BCUT2D eigenvalue weighted by atomic mass is 10.0. The van der Waals surface area contributed by atoms with Crippen LogP contribution in [0.2, 0.25) is 0 Å². The van der Waals surface area contributed by atoms with Crippen molar-refractivity contribution in [2.45, 2.75) is 103 Å². The van der Waals surface area contributed by atoms with Gasteiger partial charge in [-0.1, -0.05) is 71.1 Å². The predicted molar refractivity (Wildman–Crippen MR) is 86.5 cm³/mol.